The van der Waals surface area contributed by atoms with E-state index in [1.54, 1.807) is 19.3 Å². The smallest absolute Gasteiger partial charge is 0.0280 e. The van der Waals surface area contributed by atoms with Gasteiger partial charge in [0.25, 0.3) is 0 Å². The number of rotatable bonds is 2. The van der Waals surface area contributed by atoms with E-state index >= 15 is 0 Å². The molecule has 1 nitrogen and oxygen atoms in total. The van der Waals surface area contributed by atoms with E-state index in [0.717, 1.165) is 11.1 Å². The van der Waals surface area contributed by atoms with Gasteiger partial charge in [-0.25, -0.2) is 6.08 Å². The zero-order chi connectivity index (χ0) is 8.10. The van der Waals surface area contributed by atoms with Crippen LogP contribution in [0.5, 0.6) is 0 Å². The third-order valence-electron chi connectivity index (χ3n) is 1.41. The molecule has 1 heteroatoms. The molecule has 0 radical (unpaired) electrons. The van der Waals surface area contributed by atoms with Crippen molar-refractivity contribution in [3.05, 3.63) is 42.0 Å². The Labute approximate surface area is 67.1 Å². The average Bonchev–Trinajstić information content (AvgIpc) is 2.07. The fraction of sp³-hybridized carbons (Fsp3) is 0.100. The zero-order valence-electron chi connectivity index (χ0n) is 6.49. The maximum absolute atomic E-state index is 5.32. The lowest BCUT2D eigenvalue weighted by molar-refractivity contribution is 1.46. The first kappa shape index (κ1) is 7.73. The van der Waals surface area contributed by atoms with Crippen molar-refractivity contribution in [2.75, 3.05) is 7.05 Å². The van der Waals surface area contributed by atoms with E-state index in [4.69, 9.17) is 6.58 Å². The number of nitrogens with zero attached hydrogens (tertiary/aromatic N) is 1. The molecule has 0 spiro atoms. The lowest BCUT2D eigenvalue weighted by atomic mass is 10.1. The van der Waals surface area contributed by atoms with Gasteiger partial charge < -0.3 is 0 Å². The summed E-state index contributed by atoms with van der Waals surface area (Å²) in [6.45, 7) is 5.32. The van der Waals surface area contributed by atoms with Gasteiger partial charge in [-0.15, -0.1) is 12.1 Å². The van der Waals surface area contributed by atoms with Crippen LogP contribution in [0.25, 0.3) is 6.08 Å². The summed E-state index contributed by atoms with van der Waals surface area (Å²) >= 11 is 0. The van der Waals surface area contributed by atoms with E-state index in [1.165, 1.54) is 0 Å². The maximum Gasteiger partial charge on any atom is 0.0280 e. The summed E-state index contributed by atoms with van der Waals surface area (Å²) in [5.41, 5.74) is 2.12. The Morgan fingerprint density at radius 3 is 2.18 bits per heavy atom. The van der Waals surface area contributed by atoms with Crippen molar-refractivity contribution in [1.29, 1.82) is 0 Å². The fourth-order valence-electron chi connectivity index (χ4n) is 0.842. The molecule has 11 heavy (non-hydrogen) atoms. The van der Waals surface area contributed by atoms with Gasteiger partial charge >= 0.3 is 0 Å². The number of aliphatic imine (C=N–C) groups is 1. The van der Waals surface area contributed by atoms with Gasteiger partial charge in [-0.2, -0.15) is 5.56 Å². The van der Waals surface area contributed by atoms with Crippen LogP contribution in [-0.4, -0.2) is 13.3 Å². The van der Waals surface area contributed by atoms with Crippen molar-refractivity contribution in [1.82, 2.24) is 0 Å². The quantitative estimate of drug-likeness (QED) is 0.445. The van der Waals surface area contributed by atoms with Crippen LogP contribution in [0.15, 0.2) is 29.3 Å². The predicted octanol–water partition coefficient (Wildman–Crippen LogP) is 2.18. The first-order chi connectivity index (χ1) is 5.36. The first-order valence-electron chi connectivity index (χ1n) is 3.44. The van der Waals surface area contributed by atoms with Crippen LogP contribution >= 0.6 is 0 Å². The van der Waals surface area contributed by atoms with Crippen LogP contribution < -0.4 is 0 Å². The van der Waals surface area contributed by atoms with E-state index in [9.17, 15) is 0 Å². The van der Waals surface area contributed by atoms with Gasteiger partial charge in [-0.3, -0.25) is 11.6 Å². The largest absolute Gasteiger partial charge is 0.296 e. The summed E-state index contributed by atoms with van der Waals surface area (Å²) in [4.78, 5) is 3.89. The van der Waals surface area contributed by atoms with Crippen LogP contribution in [-0.2, 0) is 0 Å². The molecule has 1 aromatic carbocycles. The maximum atomic E-state index is 5.32. The molecular formula is C10H10N-. The van der Waals surface area contributed by atoms with Crippen LogP contribution in [0.1, 0.15) is 11.1 Å². The Kier molecular flexibility index (Phi) is 2.61. The van der Waals surface area contributed by atoms with E-state index in [2.05, 4.69) is 4.99 Å². The molecular weight excluding hydrogens is 134 g/mol. The van der Waals surface area contributed by atoms with Crippen LogP contribution in [0.3, 0.4) is 0 Å². The van der Waals surface area contributed by atoms with E-state index in [-0.39, 0.29) is 0 Å². The molecule has 0 aliphatic rings. The molecule has 1 aromatic rings. The molecule has 0 atom stereocenters. The van der Waals surface area contributed by atoms with Crippen molar-refractivity contribution in [2.24, 2.45) is 4.99 Å². The Bertz CT molecular complexity index is 257. The molecule has 0 bridgehead atoms. The third kappa shape index (κ3) is 2.04. The minimum atomic E-state index is 1.03. The molecule has 0 N–H and O–H groups in total. The van der Waals surface area contributed by atoms with E-state index < -0.39 is 0 Å². The van der Waals surface area contributed by atoms with Crippen LogP contribution in [0.2, 0.25) is 0 Å². The highest BCUT2D eigenvalue weighted by molar-refractivity contribution is 5.79. The third-order valence-corrected chi connectivity index (χ3v) is 1.41. The lowest BCUT2D eigenvalue weighted by Crippen LogP contribution is -1.79. The molecule has 56 valence electrons. The Hall–Kier alpha value is -1.37. The van der Waals surface area contributed by atoms with Gasteiger partial charge in [0.1, 0.15) is 0 Å². The molecule has 0 fully saturated rings. The van der Waals surface area contributed by atoms with Gasteiger partial charge in [0.2, 0.25) is 0 Å². The summed E-state index contributed by atoms with van der Waals surface area (Å²) in [6, 6.07) is 7.87. The highest BCUT2D eigenvalue weighted by atomic mass is 14.6. The Morgan fingerprint density at radius 1 is 1.18 bits per heavy atom. The van der Waals surface area contributed by atoms with Crippen molar-refractivity contribution < 1.29 is 0 Å². The van der Waals surface area contributed by atoms with E-state index in [1.807, 2.05) is 24.3 Å². The topological polar surface area (TPSA) is 12.4 Å². The molecule has 0 amide bonds. The highest BCUT2D eigenvalue weighted by Crippen LogP contribution is 2.02. The molecule has 1 rings (SSSR count). The summed E-state index contributed by atoms with van der Waals surface area (Å²) in [7, 11) is 1.75. The highest BCUT2D eigenvalue weighted by Gasteiger charge is 1.80. The standard InChI is InChI=1S/C10H10N/c1-3-9-4-6-10(7-5-9)8-11-2/h1,3-8H,2H3/q-1. The van der Waals surface area contributed by atoms with Crippen molar-refractivity contribution in [2.45, 2.75) is 0 Å². The van der Waals surface area contributed by atoms with Gasteiger partial charge in [0.05, 0.1) is 0 Å². The minimum Gasteiger partial charge on any atom is -0.296 e. The molecule has 0 aliphatic heterocycles. The summed E-state index contributed by atoms with van der Waals surface area (Å²) in [5.74, 6) is 0. The first-order valence-corrected chi connectivity index (χ1v) is 3.44. The second-order valence-corrected chi connectivity index (χ2v) is 2.22. The molecule has 0 aliphatic carbocycles. The molecule has 0 saturated carbocycles. The monoisotopic (exact) mass is 144 g/mol. The predicted molar refractivity (Wildman–Crippen MR) is 48.7 cm³/mol. The summed E-state index contributed by atoms with van der Waals surface area (Å²) in [6.07, 6.45) is 3.38. The summed E-state index contributed by atoms with van der Waals surface area (Å²) < 4.78 is 0. The average molecular weight is 144 g/mol. The van der Waals surface area contributed by atoms with Crippen molar-refractivity contribution in [3.63, 3.8) is 0 Å². The zero-order valence-corrected chi connectivity index (χ0v) is 6.49. The van der Waals surface area contributed by atoms with Crippen molar-refractivity contribution in [3.8, 4) is 0 Å². The molecule has 0 aromatic heterocycles. The SMILES string of the molecule is [CH-]=Cc1ccc(C=NC)cc1. The minimum absolute atomic E-state index is 1.03. The van der Waals surface area contributed by atoms with Gasteiger partial charge in [-0.05, 0) is 5.56 Å². The second kappa shape index (κ2) is 3.71. The molecule has 0 unspecified atom stereocenters. The van der Waals surface area contributed by atoms with E-state index in [0.29, 0.717) is 0 Å². The lowest BCUT2D eigenvalue weighted by Gasteiger charge is -2.00. The summed E-state index contributed by atoms with van der Waals surface area (Å²) in [5, 5.41) is 0. The second-order valence-electron chi connectivity index (χ2n) is 2.22. The van der Waals surface area contributed by atoms with Crippen molar-refractivity contribution >= 4 is 12.3 Å². The van der Waals surface area contributed by atoms with Crippen LogP contribution in [0, 0.1) is 6.58 Å². The van der Waals surface area contributed by atoms with Crippen LogP contribution in [0.4, 0.5) is 0 Å². The molecule has 0 heterocycles. The molecule has 0 saturated heterocycles. The Morgan fingerprint density at radius 2 is 1.73 bits per heavy atom. The number of hydrogen-bond acceptors (Lipinski definition) is 1. The van der Waals surface area contributed by atoms with Gasteiger partial charge in [-0.1, -0.05) is 12.1 Å². The fourth-order valence-corrected chi connectivity index (χ4v) is 0.842. The van der Waals surface area contributed by atoms with Gasteiger partial charge in [0, 0.05) is 13.3 Å². The Balaban J connectivity index is 2.91. The number of benzene rings is 1. The van der Waals surface area contributed by atoms with Gasteiger partial charge in [0.15, 0.2) is 0 Å². The number of hydrogen-bond donors (Lipinski definition) is 0. The normalized spacial score (nSPS) is 10.3.